The molecule has 0 radical (unpaired) electrons. The van der Waals surface area contributed by atoms with E-state index in [-0.39, 0.29) is 49.2 Å². The molecule has 1 aliphatic rings. The van der Waals surface area contributed by atoms with Crippen molar-refractivity contribution in [2.75, 3.05) is 45.6 Å². The van der Waals surface area contributed by atoms with Gasteiger partial charge in [-0.15, -0.1) is 0 Å². The first-order valence-corrected chi connectivity index (χ1v) is 13.9. The third kappa shape index (κ3) is 8.22. The van der Waals surface area contributed by atoms with Crippen LogP contribution in [0.25, 0.3) is 0 Å². The van der Waals surface area contributed by atoms with Crippen LogP contribution in [-0.2, 0) is 30.9 Å². The van der Waals surface area contributed by atoms with E-state index in [9.17, 15) is 18.0 Å². The molecule has 2 rings (SSSR count). The van der Waals surface area contributed by atoms with Gasteiger partial charge in [-0.1, -0.05) is 44.5 Å². The minimum atomic E-state index is -3.58. The van der Waals surface area contributed by atoms with Crippen molar-refractivity contribution in [2.45, 2.75) is 52.6 Å². The lowest BCUT2D eigenvalue weighted by atomic mass is 10.0. The molecular weight excluding hydrogens is 478 g/mol. The molecule has 0 bridgehead atoms. The van der Waals surface area contributed by atoms with Crippen molar-refractivity contribution in [1.29, 1.82) is 0 Å². The largest absolute Gasteiger partial charge is 0.383 e. The van der Waals surface area contributed by atoms with Crippen molar-refractivity contribution >= 4 is 33.4 Å². The van der Waals surface area contributed by atoms with E-state index >= 15 is 0 Å². The molecule has 2 amide bonds. The Morgan fingerprint density at radius 1 is 1.18 bits per heavy atom. The van der Waals surface area contributed by atoms with Crippen molar-refractivity contribution in [3.8, 4) is 0 Å². The molecule has 0 unspecified atom stereocenters. The van der Waals surface area contributed by atoms with Crippen LogP contribution < -0.4 is 0 Å². The summed E-state index contributed by atoms with van der Waals surface area (Å²) in [5, 5.41) is 0.610. The summed E-state index contributed by atoms with van der Waals surface area (Å²) >= 11 is 6.02. The Bertz CT molecular complexity index is 900. The monoisotopic (exact) mass is 515 g/mol. The predicted molar refractivity (Wildman–Crippen MR) is 134 cm³/mol. The molecule has 1 aromatic rings. The summed E-state index contributed by atoms with van der Waals surface area (Å²) in [6, 6.07) is 7.21. The lowest BCUT2D eigenvalue weighted by molar-refractivity contribution is -0.139. The Hall–Kier alpha value is -1.68. The molecule has 0 atom stereocenters. The van der Waals surface area contributed by atoms with Gasteiger partial charge in [0.15, 0.2) is 0 Å². The van der Waals surface area contributed by atoms with Crippen LogP contribution in [0.3, 0.4) is 0 Å². The van der Waals surface area contributed by atoms with Gasteiger partial charge in [0.05, 0.1) is 18.9 Å². The number of rotatable bonds is 12. The molecule has 1 saturated heterocycles. The Labute approximate surface area is 209 Å². The number of carbonyl (C=O) groups excluding carboxylic acids is 2. The van der Waals surface area contributed by atoms with E-state index in [0.29, 0.717) is 43.9 Å². The number of carbonyl (C=O) groups is 2. The van der Waals surface area contributed by atoms with Gasteiger partial charge in [0.2, 0.25) is 21.8 Å². The zero-order valence-corrected chi connectivity index (χ0v) is 22.3. The normalized spacial score (nSPS) is 15.2. The van der Waals surface area contributed by atoms with Crippen LogP contribution in [0.4, 0.5) is 0 Å². The molecule has 8 nitrogen and oxygen atoms in total. The van der Waals surface area contributed by atoms with Crippen molar-refractivity contribution in [3.63, 3.8) is 0 Å². The molecule has 1 heterocycles. The maximum absolute atomic E-state index is 13.5. The van der Waals surface area contributed by atoms with Gasteiger partial charge in [-0.25, -0.2) is 8.42 Å². The first-order chi connectivity index (χ1) is 16.1. The number of likely N-dealkylation sites (tertiary alicyclic amines) is 1. The number of benzene rings is 1. The van der Waals surface area contributed by atoms with E-state index in [1.165, 1.54) is 11.4 Å². The van der Waals surface area contributed by atoms with Crippen molar-refractivity contribution in [2.24, 2.45) is 5.92 Å². The number of hydrogen-bond acceptors (Lipinski definition) is 5. The number of nitrogens with zero attached hydrogens (tertiary/aromatic N) is 3. The van der Waals surface area contributed by atoms with Crippen LogP contribution in [-0.4, -0.2) is 86.0 Å². The third-order valence-electron chi connectivity index (χ3n) is 6.01. The zero-order valence-electron chi connectivity index (χ0n) is 20.7. The second kappa shape index (κ2) is 13.4. The quantitative estimate of drug-likeness (QED) is 0.427. The van der Waals surface area contributed by atoms with Crippen LogP contribution in [0, 0.1) is 5.92 Å². The second-order valence-electron chi connectivity index (χ2n) is 9.00. The lowest BCUT2D eigenvalue weighted by Gasteiger charge is -2.40. The third-order valence-corrected chi connectivity index (χ3v) is 8.28. The number of halogens is 1. The zero-order chi connectivity index (χ0) is 25.3. The highest BCUT2D eigenvalue weighted by Crippen LogP contribution is 2.22. The maximum atomic E-state index is 13.5. The predicted octanol–water partition coefficient (Wildman–Crippen LogP) is 3.00. The molecule has 0 saturated carbocycles. The molecule has 0 aliphatic carbocycles. The maximum Gasteiger partial charge on any atom is 0.238 e. The van der Waals surface area contributed by atoms with Crippen molar-refractivity contribution in [1.82, 2.24) is 14.1 Å². The number of amides is 2. The summed E-state index contributed by atoms with van der Waals surface area (Å²) in [5.74, 6) is -0.220. The first-order valence-electron chi connectivity index (χ1n) is 11.9. The van der Waals surface area contributed by atoms with E-state index in [1.807, 2.05) is 30.9 Å². The Balaban J connectivity index is 2.23. The average molecular weight is 516 g/mol. The molecule has 0 N–H and O–H groups in total. The molecule has 0 spiro atoms. The van der Waals surface area contributed by atoms with Gasteiger partial charge in [0.25, 0.3) is 0 Å². The highest BCUT2D eigenvalue weighted by Gasteiger charge is 2.33. The number of sulfonamides is 1. The summed E-state index contributed by atoms with van der Waals surface area (Å²) in [6.45, 7) is 7.18. The van der Waals surface area contributed by atoms with Gasteiger partial charge in [0, 0.05) is 50.3 Å². The minimum absolute atomic E-state index is 0.0170. The highest BCUT2D eigenvalue weighted by molar-refractivity contribution is 7.89. The van der Waals surface area contributed by atoms with Crippen LogP contribution in [0.1, 0.15) is 45.6 Å². The second-order valence-corrected chi connectivity index (χ2v) is 11.5. The first kappa shape index (κ1) is 28.6. The molecule has 1 aliphatic heterocycles. The molecule has 1 aromatic carbocycles. The number of piperidine rings is 1. The Morgan fingerprint density at radius 3 is 2.32 bits per heavy atom. The fourth-order valence-corrected chi connectivity index (χ4v) is 5.67. The van der Waals surface area contributed by atoms with Crippen LogP contribution in [0.2, 0.25) is 5.02 Å². The standard InChI is InChI=1S/C24H38ClN3O5S/c1-5-16-34(31,32)27(14-15-33-4)18-23(29)28(17-20-6-8-21(25)9-7-20)22-10-12-26(13-11-22)24(30)19(2)3/h6-9,19,22H,5,10-18H2,1-4H3. The van der Waals surface area contributed by atoms with E-state index < -0.39 is 10.0 Å². The number of hydrogen-bond donors (Lipinski definition) is 0. The van der Waals surface area contributed by atoms with Gasteiger partial charge in [-0.05, 0) is 37.0 Å². The van der Waals surface area contributed by atoms with Crippen LogP contribution >= 0.6 is 11.6 Å². The lowest BCUT2D eigenvalue weighted by Crippen LogP contribution is -2.52. The van der Waals surface area contributed by atoms with E-state index in [4.69, 9.17) is 16.3 Å². The minimum Gasteiger partial charge on any atom is -0.383 e. The van der Waals surface area contributed by atoms with Crippen molar-refractivity contribution in [3.05, 3.63) is 34.9 Å². The van der Waals surface area contributed by atoms with E-state index in [1.54, 1.807) is 24.0 Å². The molecule has 0 aromatic heterocycles. The topological polar surface area (TPSA) is 87.2 Å². The summed E-state index contributed by atoms with van der Waals surface area (Å²) in [6.07, 6.45) is 1.77. The molecule has 1 fully saturated rings. The highest BCUT2D eigenvalue weighted by atomic mass is 35.5. The summed E-state index contributed by atoms with van der Waals surface area (Å²) in [7, 11) is -2.07. The van der Waals surface area contributed by atoms with Gasteiger partial charge in [0.1, 0.15) is 0 Å². The fraction of sp³-hybridized carbons (Fsp3) is 0.667. The van der Waals surface area contributed by atoms with Gasteiger partial charge < -0.3 is 14.5 Å². The van der Waals surface area contributed by atoms with Crippen LogP contribution in [0.5, 0.6) is 0 Å². The number of ether oxygens (including phenoxy) is 1. The summed E-state index contributed by atoms with van der Waals surface area (Å²) < 4.78 is 31.9. The fourth-order valence-electron chi connectivity index (χ4n) is 4.11. The van der Waals surface area contributed by atoms with E-state index in [0.717, 1.165) is 5.56 Å². The van der Waals surface area contributed by atoms with E-state index in [2.05, 4.69) is 0 Å². The molecule has 10 heteroatoms. The van der Waals surface area contributed by atoms with Crippen LogP contribution in [0.15, 0.2) is 24.3 Å². The van der Waals surface area contributed by atoms with Gasteiger partial charge >= 0.3 is 0 Å². The van der Waals surface area contributed by atoms with Crippen molar-refractivity contribution < 1.29 is 22.7 Å². The van der Waals surface area contributed by atoms with Gasteiger partial charge in [-0.2, -0.15) is 4.31 Å². The molecule has 192 valence electrons. The summed E-state index contributed by atoms with van der Waals surface area (Å²) in [4.78, 5) is 29.5. The Morgan fingerprint density at radius 2 is 1.79 bits per heavy atom. The molecular formula is C24H38ClN3O5S. The van der Waals surface area contributed by atoms with Gasteiger partial charge in [-0.3, -0.25) is 9.59 Å². The summed E-state index contributed by atoms with van der Waals surface area (Å²) in [5.41, 5.74) is 0.915. The average Bonchev–Trinajstić information content (AvgIpc) is 2.80. The SMILES string of the molecule is CCCS(=O)(=O)N(CCOC)CC(=O)N(Cc1ccc(Cl)cc1)C1CCN(C(=O)C(C)C)CC1. The Kier molecular flexibility index (Phi) is 11.3. The number of methoxy groups -OCH3 is 1. The smallest absolute Gasteiger partial charge is 0.238 e. The molecule has 34 heavy (non-hydrogen) atoms.